The van der Waals surface area contributed by atoms with Crippen LogP contribution in [-0.4, -0.2) is 19.2 Å². The number of hydrogen-bond acceptors (Lipinski definition) is 3. The Morgan fingerprint density at radius 3 is 3.11 bits per heavy atom. The largest absolute Gasteiger partial charge is 0.493 e. The van der Waals surface area contributed by atoms with Crippen LogP contribution in [0.2, 0.25) is 0 Å². The second kappa shape index (κ2) is 6.43. The summed E-state index contributed by atoms with van der Waals surface area (Å²) in [5, 5.41) is 0. The second-order valence-electron chi connectivity index (χ2n) is 4.55. The lowest BCUT2D eigenvalue weighted by Gasteiger charge is -2.09. The number of ether oxygens (including phenoxy) is 2. The number of fused-ring (bicyclic) bond motifs is 1. The zero-order chi connectivity index (χ0) is 12.8. The van der Waals surface area contributed by atoms with Gasteiger partial charge in [0.15, 0.2) is 0 Å². The fourth-order valence-electron chi connectivity index (χ4n) is 2.20. The van der Waals surface area contributed by atoms with Gasteiger partial charge in [-0.1, -0.05) is 12.1 Å². The molecular weight excluding hydrogens is 228 g/mol. The Morgan fingerprint density at radius 1 is 1.39 bits per heavy atom. The third-order valence-electron chi connectivity index (χ3n) is 3.15. The summed E-state index contributed by atoms with van der Waals surface area (Å²) in [4.78, 5) is 11.3. The smallest absolute Gasteiger partial charge is 0.306 e. The number of esters is 1. The number of hydrogen-bond donors (Lipinski definition) is 0. The highest BCUT2D eigenvalue weighted by Gasteiger charge is 2.10. The SMILES string of the molecule is CCOC(=O)CCc1ccc2c(c1)CCCCO2. The van der Waals surface area contributed by atoms with Crippen LogP contribution in [0.1, 0.15) is 37.3 Å². The molecule has 98 valence electrons. The van der Waals surface area contributed by atoms with E-state index in [9.17, 15) is 4.79 Å². The molecule has 0 N–H and O–H groups in total. The van der Waals surface area contributed by atoms with E-state index in [-0.39, 0.29) is 5.97 Å². The average Bonchev–Trinajstić information content (AvgIpc) is 2.61. The van der Waals surface area contributed by atoms with E-state index >= 15 is 0 Å². The van der Waals surface area contributed by atoms with Crippen LogP contribution in [0.15, 0.2) is 18.2 Å². The van der Waals surface area contributed by atoms with E-state index in [2.05, 4.69) is 6.07 Å². The van der Waals surface area contributed by atoms with Crippen LogP contribution in [0.25, 0.3) is 0 Å². The van der Waals surface area contributed by atoms with Crippen LogP contribution in [-0.2, 0) is 22.4 Å². The molecule has 0 bridgehead atoms. The first-order valence-corrected chi connectivity index (χ1v) is 6.70. The van der Waals surface area contributed by atoms with Crippen molar-refractivity contribution >= 4 is 5.97 Å². The maximum atomic E-state index is 11.3. The summed E-state index contributed by atoms with van der Waals surface area (Å²) >= 11 is 0. The fraction of sp³-hybridized carbons (Fsp3) is 0.533. The minimum absolute atomic E-state index is 0.122. The van der Waals surface area contributed by atoms with E-state index in [4.69, 9.17) is 9.47 Å². The summed E-state index contributed by atoms with van der Waals surface area (Å²) in [5.74, 6) is 0.885. The Kier molecular flexibility index (Phi) is 4.62. The summed E-state index contributed by atoms with van der Waals surface area (Å²) in [6, 6.07) is 6.24. The standard InChI is InChI=1S/C15H20O3/c1-2-17-15(16)9-7-12-6-8-14-13(11-12)5-3-4-10-18-14/h6,8,11H,2-5,7,9-10H2,1H3. The van der Waals surface area contributed by atoms with Gasteiger partial charge in [-0.05, 0) is 49.8 Å². The van der Waals surface area contributed by atoms with Crippen molar-refractivity contribution in [3.63, 3.8) is 0 Å². The molecule has 2 rings (SSSR count). The lowest BCUT2D eigenvalue weighted by atomic mass is 10.0. The zero-order valence-electron chi connectivity index (χ0n) is 10.9. The lowest BCUT2D eigenvalue weighted by molar-refractivity contribution is -0.143. The summed E-state index contributed by atoms with van der Waals surface area (Å²) < 4.78 is 10.6. The van der Waals surface area contributed by atoms with Gasteiger partial charge in [0, 0.05) is 6.42 Å². The monoisotopic (exact) mass is 248 g/mol. The van der Waals surface area contributed by atoms with Gasteiger partial charge in [0.05, 0.1) is 13.2 Å². The van der Waals surface area contributed by atoms with E-state index in [1.54, 1.807) is 0 Å². The topological polar surface area (TPSA) is 35.5 Å². The van der Waals surface area contributed by atoms with Gasteiger partial charge in [-0.25, -0.2) is 0 Å². The molecule has 1 aromatic carbocycles. The summed E-state index contributed by atoms with van der Waals surface area (Å²) in [6.07, 6.45) is 4.56. The average molecular weight is 248 g/mol. The molecule has 0 atom stereocenters. The van der Waals surface area contributed by atoms with Gasteiger partial charge in [0.1, 0.15) is 5.75 Å². The maximum absolute atomic E-state index is 11.3. The van der Waals surface area contributed by atoms with E-state index in [1.807, 2.05) is 19.1 Å². The van der Waals surface area contributed by atoms with E-state index < -0.39 is 0 Å². The molecular formula is C15H20O3. The first-order chi connectivity index (χ1) is 8.79. The van der Waals surface area contributed by atoms with Crippen LogP contribution in [0.5, 0.6) is 5.75 Å². The van der Waals surface area contributed by atoms with E-state index in [1.165, 1.54) is 17.5 Å². The highest BCUT2D eigenvalue weighted by molar-refractivity contribution is 5.69. The van der Waals surface area contributed by atoms with Crippen LogP contribution < -0.4 is 4.74 Å². The molecule has 0 spiro atoms. The Hall–Kier alpha value is -1.51. The van der Waals surface area contributed by atoms with E-state index in [0.717, 1.165) is 31.6 Å². The molecule has 18 heavy (non-hydrogen) atoms. The highest BCUT2D eigenvalue weighted by Crippen LogP contribution is 2.25. The van der Waals surface area contributed by atoms with E-state index in [0.29, 0.717) is 13.0 Å². The van der Waals surface area contributed by atoms with Crippen LogP contribution >= 0.6 is 0 Å². The maximum Gasteiger partial charge on any atom is 0.306 e. The molecule has 1 aliphatic rings. The van der Waals surface area contributed by atoms with Crippen molar-refractivity contribution in [2.24, 2.45) is 0 Å². The van der Waals surface area contributed by atoms with Gasteiger partial charge in [-0.3, -0.25) is 4.79 Å². The van der Waals surface area contributed by atoms with Crippen LogP contribution in [0, 0.1) is 0 Å². The Labute approximate surface area is 108 Å². The molecule has 0 saturated heterocycles. The number of carbonyl (C=O) groups excluding carboxylic acids is 1. The molecule has 0 unspecified atom stereocenters. The molecule has 1 heterocycles. The zero-order valence-corrected chi connectivity index (χ0v) is 10.9. The quantitative estimate of drug-likeness (QED) is 0.769. The number of carbonyl (C=O) groups is 1. The molecule has 1 aliphatic heterocycles. The Bertz CT molecular complexity index is 412. The molecule has 0 saturated carbocycles. The number of aryl methyl sites for hydroxylation is 2. The Morgan fingerprint density at radius 2 is 2.28 bits per heavy atom. The molecule has 0 radical (unpaired) electrons. The predicted octanol–water partition coefficient (Wildman–Crippen LogP) is 2.90. The van der Waals surface area contributed by atoms with Gasteiger partial charge < -0.3 is 9.47 Å². The molecule has 3 nitrogen and oxygen atoms in total. The highest BCUT2D eigenvalue weighted by atomic mass is 16.5. The second-order valence-corrected chi connectivity index (χ2v) is 4.55. The summed E-state index contributed by atoms with van der Waals surface area (Å²) in [6.45, 7) is 3.10. The molecule has 0 amide bonds. The third-order valence-corrected chi connectivity index (χ3v) is 3.15. The van der Waals surface area contributed by atoms with Crippen molar-refractivity contribution in [1.29, 1.82) is 0 Å². The lowest BCUT2D eigenvalue weighted by Crippen LogP contribution is -2.05. The number of benzene rings is 1. The van der Waals surface area contributed by atoms with Gasteiger partial charge in [-0.15, -0.1) is 0 Å². The fourth-order valence-corrected chi connectivity index (χ4v) is 2.20. The van der Waals surface area contributed by atoms with Crippen molar-refractivity contribution in [3.8, 4) is 5.75 Å². The molecule has 0 fully saturated rings. The van der Waals surface area contributed by atoms with Gasteiger partial charge in [0.25, 0.3) is 0 Å². The van der Waals surface area contributed by atoms with Crippen molar-refractivity contribution in [3.05, 3.63) is 29.3 Å². The first-order valence-electron chi connectivity index (χ1n) is 6.70. The van der Waals surface area contributed by atoms with Crippen molar-refractivity contribution in [2.45, 2.75) is 39.0 Å². The third kappa shape index (κ3) is 3.49. The van der Waals surface area contributed by atoms with Crippen LogP contribution in [0.3, 0.4) is 0 Å². The summed E-state index contributed by atoms with van der Waals surface area (Å²) in [7, 11) is 0. The molecule has 0 aliphatic carbocycles. The minimum atomic E-state index is -0.122. The van der Waals surface area contributed by atoms with Crippen molar-refractivity contribution in [1.82, 2.24) is 0 Å². The number of rotatable bonds is 4. The van der Waals surface area contributed by atoms with Crippen LogP contribution in [0.4, 0.5) is 0 Å². The minimum Gasteiger partial charge on any atom is -0.493 e. The molecule has 3 heteroatoms. The van der Waals surface area contributed by atoms with Crippen molar-refractivity contribution < 1.29 is 14.3 Å². The molecule has 1 aromatic rings. The van der Waals surface area contributed by atoms with Gasteiger partial charge >= 0.3 is 5.97 Å². The van der Waals surface area contributed by atoms with Crippen molar-refractivity contribution in [2.75, 3.05) is 13.2 Å². The van der Waals surface area contributed by atoms with Gasteiger partial charge in [0.2, 0.25) is 0 Å². The first kappa shape index (κ1) is 12.9. The molecule has 0 aromatic heterocycles. The Balaban J connectivity index is 1.97. The predicted molar refractivity (Wildman–Crippen MR) is 69.8 cm³/mol. The normalized spacial score (nSPS) is 14.3. The summed E-state index contributed by atoms with van der Waals surface area (Å²) in [5.41, 5.74) is 2.46. The van der Waals surface area contributed by atoms with Gasteiger partial charge in [-0.2, -0.15) is 0 Å².